The van der Waals surface area contributed by atoms with E-state index in [0.29, 0.717) is 32.0 Å². The van der Waals surface area contributed by atoms with Crippen molar-refractivity contribution in [1.82, 2.24) is 19.9 Å². The predicted octanol–water partition coefficient (Wildman–Crippen LogP) is 2.58. The van der Waals surface area contributed by atoms with Crippen LogP contribution in [0.2, 0.25) is 0 Å². The molecular formula is C23H25N5O3. The number of nitrogens with zero attached hydrogens (tertiary/aromatic N) is 4. The van der Waals surface area contributed by atoms with Gasteiger partial charge in [-0.05, 0) is 29.8 Å². The van der Waals surface area contributed by atoms with Gasteiger partial charge in [0.2, 0.25) is 0 Å². The number of carbonyl (C=O) groups is 1. The van der Waals surface area contributed by atoms with Gasteiger partial charge in [-0.3, -0.25) is 9.69 Å². The number of nitrogens with one attached hydrogen (secondary N) is 1. The van der Waals surface area contributed by atoms with Crippen molar-refractivity contribution in [2.24, 2.45) is 5.10 Å². The first-order valence-corrected chi connectivity index (χ1v) is 10.5. The topological polar surface area (TPSA) is 83.0 Å². The number of aromatic amines is 1. The molecule has 5 rings (SSSR count). The second-order valence-electron chi connectivity index (χ2n) is 7.77. The van der Waals surface area contributed by atoms with Gasteiger partial charge in [-0.15, -0.1) is 0 Å². The third-order valence-corrected chi connectivity index (χ3v) is 5.77. The van der Waals surface area contributed by atoms with Crippen molar-refractivity contribution in [2.75, 3.05) is 40.0 Å². The van der Waals surface area contributed by atoms with Crippen LogP contribution in [0.3, 0.4) is 0 Å². The zero-order chi connectivity index (χ0) is 21.2. The number of carbonyl (C=O) groups excluding carboxylic acids is 1. The maximum Gasteiger partial charge on any atom is 0.257 e. The number of imidazole rings is 1. The summed E-state index contributed by atoms with van der Waals surface area (Å²) in [6.07, 6.45) is 0.585. The number of benzene rings is 2. The fourth-order valence-corrected chi connectivity index (χ4v) is 4.10. The van der Waals surface area contributed by atoms with Gasteiger partial charge in [0, 0.05) is 19.5 Å². The van der Waals surface area contributed by atoms with Crippen molar-refractivity contribution in [3.8, 4) is 5.75 Å². The highest BCUT2D eigenvalue weighted by Crippen LogP contribution is 2.34. The predicted molar refractivity (Wildman–Crippen MR) is 117 cm³/mol. The lowest BCUT2D eigenvalue weighted by atomic mass is 10.0. The first kappa shape index (κ1) is 19.7. The molecule has 0 aliphatic carbocycles. The number of methoxy groups -OCH3 is 1. The maximum absolute atomic E-state index is 13.3. The minimum atomic E-state index is -0.202. The Bertz CT molecular complexity index is 1090. The number of ether oxygens (including phenoxy) is 2. The summed E-state index contributed by atoms with van der Waals surface area (Å²) in [4.78, 5) is 23.4. The van der Waals surface area contributed by atoms with Crippen LogP contribution in [0, 0.1) is 0 Å². The first-order valence-electron chi connectivity index (χ1n) is 10.5. The number of rotatable bonds is 5. The molecule has 8 heteroatoms. The van der Waals surface area contributed by atoms with Gasteiger partial charge in [-0.2, -0.15) is 5.10 Å². The largest absolute Gasteiger partial charge is 0.497 e. The molecule has 0 radical (unpaired) electrons. The number of hydrogen-bond donors (Lipinski definition) is 1. The minimum absolute atomic E-state index is 0.0270. The number of H-pyrrole nitrogens is 1. The van der Waals surface area contributed by atoms with Crippen LogP contribution in [0.1, 0.15) is 23.9 Å². The van der Waals surface area contributed by atoms with Gasteiger partial charge in [0.25, 0.3) is 5.91 Å². The highest BCUT2D eigenvalue weighted by molar-refractivity contribution is 6.02. The molecule has 3 heterocycles. The van der Waals surface area contributed by atoms with Crippen molar-refractivity contribution in [3.63, 3.8) is 0 Å². The summed E-state index contributed by atoms with van der Waals surface area (Å²) in [5.74, 6) is 1.44. The van der Waals surface area contributed by atoms with Crippen LogP contribution in [0.25, 0.3) is 11.0 Å². The number of hydrazone groups is 1. The van der Waals surface area contributed by atoms with E-state index < -0.39 is 0 Å². The van der Waals surface area contributed by atoms with Gasteiger partial charge < -0.3 is 14.5 Å². The molecule has 3 aromatic rings. The molecule has 2 aliphatic rings. The quantitative estimate of drug-likeness (QED) is 0.687. The smallest absolute Gasteiger partial charge is 0.257 e. The molecule has 2 aliphatic heterocycles. The van der Waals surface area contributed by atoms with Crippen molar-refractivity contribution in [1.29, 1.82) is 0 Å². The molecule has 1 amide bonds. The molecule has 0 unspecified atom stereocenters. The standard InChI is InChI=1S/C23H25N5O3/c1-30-17-6-4-5-16(13-17)21-14-20(23-24-18-7-2-3-8-19(18)25-23)26-28(21)22(29)15-27-9-11-31-12-10-27/h2-8,13,21H,9-12,14-15H2,1H3,(H,24,25)/t21-/m1/s1. The summed E-state index contributed by atoms with van der Waals surface area (Å²) in [7, 11) is 1.64. The van der Waals surface area contributed by atoms with Crippen LogP contribution in [0.5, 0.6) is 5.75 Å². The number of aromatic nitrogens is 2. The molecule has 0 bridgehead atoms. The van der Waals surface area contributed by atoms with Crippen LogP contribution < -0.4 is 4.74 Å². The second-order valence-corrected chi connectivity index (χ2v) is 7.77. The van der Waals surface area contributed by atoms with Crippen LogP contribution in [0.15, 0.2) is 53.6 Å². The summed E-state index contributed by atoms with van der Waals surface area (Å²) in [6.45, 7) is 3.13. The average molecular weight is 419 g/mol. The molecule has 2 aromatic carbocycles. The monoisotopic (exact) mass is 419 g/mol. The summed E-state index contributed by atoms with van der Waals surface area (Å²) < 4.78 is 10.8. The van der Waals surface area contributed by atoms with Gasteiger partial charge in [0.1, 0.15) is 11.5 Å². The molecular weight excluding hydrogens is 394 g/mol. The Morgan fingerprint density at radius 2 is 2.03 bits per heavy atom. The van der Waals surface area contributed by atoms with E-state index in [0.717, 1.165) is 41.1 Å². The number of hydrogen-bond acceptors (Lipinski definition) is 6. The molecule has 1 N–H and O–H groups in total. The lowest BCUT2D eigenvalue weighted by Gasteiger charge is -2.29. The fourth-order valence-electron chi connectivity index (χ4n) is 4.10. The zero-order valence-corrected chi connectivity index (χ0v) is 17.5. The number of fused-ring (bicyclic) bond motifs is 1. The summed E-state index contributed by atoms with van der Waals surface area (Å²) in [6, 6.07) is 15.5. The van der Waals surface area contributed by atoms with Crippen LogP contribution >= 0.6 is 0 Å². The van der Waals surface area contributed by atoms with Crippen molar-refractivity contribution in [2.45, 2.75) is 12.5 Å². The van der Waals surface area contributed by atoms with Crippen molar-refractivity contribution >= 4 is 22.7 Å². The van der Waals surface area contributed by atoms with Crippen molar-refractivity contribution < 1.29 is 14.3 Å². The van der Waals surface area contributed by atoms with Crippen LogP contribution in [-0.4, -0.2) is 71.5 Å². The minimum Gasteiger partial charge on any atom is -0.497 e. The van der Waals surface area contributed by atoms with Crippen LogP contribution in [-0.2, 0) is 9.53 Å². The maximum atomic E-state index is 13.3. The molecule has 1 atom stereocenters. The van der Waals surface area contributed by atoms with Crippen molar-refractivity contribution in [3.05, 3.63) is 59.9 Å². The molecule has 160 valence electrons. The Balaban J connectivity index is 1.46. The lowest BCUT2D eigenvalue weighted by molar-refractivity contribution is -0.135. The highest BCUT2D eigenvalue weighted by atomic mass is 16.5. The average Bonchev–Trinajstić information content (AvgIpc) is 3.44. The Morgan fingerprint density at radius 1 is 1.19 bits per heavy atom. The van der Waals surface area contributed by atoms with Gasteiger partial charge in [-0.25, -0.2) is 9.99 Å². The Hall–Kier alpha value is -3.23. The second kappa shape index (κ2) is 8.49. The fraction of sp³-hybridized carbons (Fsp3) is 0.348. The van der Waals surface area contributed by atoms with Gasteiger partial charge in [-0.1, -0.05) is 24.3 Å². The molecule has 31 heavy (non-hydrogen) atoms. The van der Waals surface area contributed by atoms with Gasteiger partial charge >= 0.3 is 0 Å². The Labute approximate surface area is 180 Å². The van der Waals surface area contributed by atoms with E-state index in [4.69, 9.17) is 19.6 Å². The summed E-state index contributed by atoms with van der Waals surface area (Å²) in [5.41, 5.74) is 3.61. The van der Waals surface area contributed by atoms with Gasteiger partial charge in [0.05, 0.1) is 43.9 Å². The molecule has 0 spiro atoms. The number of morpholine rings is 1. The Morgan fingerprint density at radius 3 is 2.84 bits per heavy atom. The van der Waals surface area contributed by atoms with E-state index in [1.807, 2.05) is 48.5 Å². The van der Waals surface area contributed by atoms with E-state index in [-0.39, 0.29) is 11.9 Å². The zero-order valence-electron chi connectivity index (χ0n) is 17.5. The van der Waals surface area contributed by atoms with Gasteiger partial charge in [0.15, 0.2) is 5.82 Å². The molecule has 1 fully saturated rings. The molecule has 0 saturated carbocycles. The number of para-hydroxylation sites is 2. The van der Waals surface area contributed by atoms with E-state index in [9.17, 15) is 4.79 Å². The Kier molecular flexibility index (Phi) is 5.40. The number of amides is 1. The molecule has 8 nitrogen and oxygen atoms in total. The molecule has 1 aromatic heterocycles. The van der Waals surface area contributed by atoms with E-state index in [1.54, 1.807) is 12.1 Å². The summed E-state index contributed by atoms with van der Waals surface area (Å²) in [5, 5.41) is 6.36. The lowest BCUT2D eigenvalue weighted by Crippen LogP contribution is -2.43. The SMILES string of the molecule is COc1cccc([C@H]2CC(c3nc4ccccc4[nH]3)=NN2C(=O)CN2CCOCC2)c1. The third-order valence-electron chi connectivity index (χ3n) is 5.77. The summed E-state index contributed by atoms with van der Waals surface area (Å²) >= 11 is 0. The normalized spacial score (nSPS) is 19.6. The third kappa shape index (κ3) is 4.04. The first-order chi connectivity index (χ1) is 15.2. The van der Waals surface area contributed by atoms with Crippen LogP contribution in [0.4, 0.5) is 0 Å². The van der Waals surface area contributed by atoms with E-state index >= 15 is 0 Å². The van der Waals surface area contributed by atoms with E-state index in [1.165, 1.54) is 0 Å². The highest BCUT2D eigenvalue weighted by Gasteiger charge is 2.35. The van der Waals surface area contributed by atoms with E-state index in [2.05, 4.69) is 9.88 Å². The molecule has 1 saturated heterocycles.